The van der Waals surface area contributed by atoms with Crippen LogP contribution < -0.4 is 10.2 Å². The minimum Gasteiger partial charge on any atom is -0.383 e. The fourth-order valence-corrected chi connectivity index (χ4v) is 2.60. The zero-order valence-corrected chi connectivity index (χ0v) is 13.4. The summed E-state index contributed by atoms with van der Waals surface area (Å²) in [5, 5.41) is 4.34. The second-order valence-electron chi connectivity index (χ2n) is 5.72. The highest BCUT2D eigenvalue weighted by Gasteiger charge is 2.20. The van der Waals surface area contributed by atoms with E-state index >= 15 is 0 Å². The van der Waals surface area contributed by atoms with E-state index in [2.05, 4.69) is 42.3 Å². The number of ether oxygens (including phenoxy) is 1. The van der Waals surface area contributed by atoms with Gasteiger partial charge in [0.15, 0.2) is 0 Å². The molecule has 20 heavy (non-hydrogen) atoms. The number of nitrogens with zero attached hydrogens (tertiary/aromatic N) is 1. The Morgan fingerprint density at radius 1 is 1.40 bits per heavy atom. The maximum absolute atomic E-state index is 6.47. The molecule has 0 aliphatic heterocycles. The predicted molar refractivity (Wildman–Crippen MR) is 85.7 cm³/mol. The molecule has 0 unspecified atom stereocenters. The van der Waals surface area contributed by atoms with Crippen LogP contribution in [0.3, 0.4) is 0 Å². The SMILES string of the molecule is COCCN(c1ccc(CNC2CC2)cc1Cl)C(C)C. The van der Waals surface area contributed by atoms with Gasteiger partial charge in [0, 0.05) is 32.3 Å². The van der Waals surface area contributed by atoms with Gasteiger partial charge in [0.2, 0.25) is 0 Å². The Balaban J connectivity index is 2.04. The van der Waals surface area contributed by atoms with Crippen LogP contribution in [0.5, 0.6) is 0 Å². The molecule has 1 aliphatic rings. The molecule has 1 N–H and O–H groups in total. The monoisotopic (exact) mass is 296 g/mol. The maximum atomic E-state index is 6.47. The zero-order chi connectivity index (χ0) is 14.5. The molecule has 0 heterocycles. The molecule has 0 atom stereocenters. The van der Waals surface area contributed by atoms with Crippen LogP contribution in [0.1, 0.15) is 32.3 Å². The van der Waals surface area contributed by atoms with E-state index < -0.39 is 0 Å². The lowest BCUT2D eigenvalue weighted by Gasteiger charge is -2.29. The average molecular weight is 297 g/mol. The van der Waals surface area contributed by atoms with Crippen molar-refractivity contribution < 1.29 is 4.74 Å². The number of hydrogen-bond acceptors (Lipinski definition) is 3. The minimum atomic E-state index is 0.401. The Kier molecular flexibility index (Phi) is 5.70. The molecule has 1 aromatic carbocycles. The van der Waals surface area contributed by atoms with E-state index in [9.17, 15) is 0 Å². The van der Waals surface area contributed by atoms with Crippen LogP contribution in [0.4, 0.5) is 5.69 Å². The summed E-state index contributed by atoms with van der Waals surface area (Å²) in [7, 11) is 1.73. The van der Waals surface area contributed by atoms with E-state index in [0.29, 0.717) is 12.6 Å². The first-order valence-electron chi connectivity index (χ1n) is 7.39. The molecule has 1 saturated carbocycles. The van der Waals surface area contributed by atoms with Gasteiger partial charge in [0.25, 0.3) is 0 Å². The highest BCUT2D eigenvalue weighted by atomic mass is 35.5. The quantitative estimate of drug-likeness (QED) is 0.795. The standard InChI is InChI=1S/C16H25ClN2O/c1-12(2)19(8-9-20-3)16-7-4-13(10-15(16)17)11-18-14-5-6-14/h4,7,10,12,14,18H,5-6,8-9,11H2,1-3H3. The van der Waals surface area contributed by atoms with Crippen LogP contribution in [0.2, 0.25) is 5.02 Å². The normalized spacial score (nSPS) is 14.8. The van der Waals surface area contributed by atoms with Gasteiger partial charge in [-0.2, -0.15) is 0 Å². The molecule has 0 amide bonds. The van der Waals surface area contributed by atoms with Gasteiger partial charge in [-0.15, -0.1) is 0 Å². The summed E-state index contributed by atoms with van der Waals surface area (Å²) in [6.45, 7) is 6.82. The van der Waals surface area contributed by atoms with Crippen molar-refractivity contribution in [3.8, 4) is 0 Å². The Bertz CT molecular complexity index is 432. The van der Waals surface area contributed by atoms with Gasteiger partial charge in [-0.25, -0.2) is 0 Å². The van der Waals surface area contributed by atoms with Crippen molar-refractivity contribution in [2.75, 3.05) is 25.2 Å². The van der Waals surface area contributed by atoms with Crippen molar-refractivity contribution in [1.82, 2.24) is 5.32 Å². The summed E-state index contributed by atoms with van der Waals surface area (Å²) < 4.78 is 5.18. The van der Waals surface area contributed by atoms with E-state index in [1.54, 1.807) is 7.11 Å². The number of methoxy groups -OCH3 is 1. The summed E-state index contributed by atoms with van der Waals surface area (Å²) >= 11 is 6.47. The third-order valence-electron chi connectivity index (χ3n) is 3.65. The van der Waals surface area contributed by atoms with Crippen molar-refractivity contribution in [2.24, 2.45) is 0 Å². The maximum Gasteiger partial charge on any atom is 0.0642 e. The number of halogens is 1. The fourth-order valence-electron chi connectivity index (χ4n) is 2.29. The van der Waals surface area contributed by atoms with Crippen LogP contribution in [-0.4, -0.2) is 32.3 Å². The second-order valence-corrected chi connectivity index (χ2v) is 6.13. The molecule has 4 heteroatoms. The lowest BCUT2D eigenvalue weighted by atomic mass is 10.1. The van der Waals surface area contributed by atoms with Crippen molar-refractivity contribution in [3.05, 3.63) is 28.8 Å². The van der Waals surface area contributed by atoms with Crippen LogP contribution >= 0.6 is 11.6 Å². The van der Waals surface area contributed by atoms with Gasteiger partial charge in [0.1, 0.15) is 0 Å². The average Bonchev–Trinajstić information content (AvgIpc) is 3.22. The van der Waals surface area contributed by atoms with Crippen LogP contribution in [-0.2, 0) is 11.3 Å². The number of benzene rings is 1. The summed E-state index contributed by atoms with van der Waals surface area (Å²) in [6.07, 6.45) is 2.62. The third-order valence-corrected chi connectivity index (χ3v) is 3.96. The lowest BCUT2D eigenvalue weighted by molar-refractivity contribution is 0.204. The molecule has 0 spiro atoms. The smallest absolute Gasteiger partial charge is 0.0642 e. The Labute approximate surface area is 127 Å². The topological polar surface area (TPSA) is 24.5 Å². The third kappa shape index (κ3) is 4.37. The van der Waals surface area contributed by atoms with E-state index in [0.717, 1.165) is 29.8 Å². The first-order valence-corrected chi connectivity index (χ1v) is 7.77. The first-order chi connectivity index (χ1) is 9.61. The van der Waals surface area contributed by atoms with Gasteiger partial charge in [-0.05, 0) is 44.4 Å². The number of hydrogen-bond donors (Lipinski definition) is 1. The molecule has 2 rings (SSSR count). The summed E-state index contributed by atoms with van der Waals surface area (Å²) in [5.74, 6) is 0. The number of anilines is 1. The second kappa shape index (κ2) is 7.30. The molecule has 1 aliphatic carbocycles. The first kappa shape index (κ1) is 15.6. The highest BCUT2D eigenvalue weighted by molar-refractivity contribution is 6.33. The van der Waals surface area contributed by atoms with E-state index in [4.69, 9.17) is 16.3 Å². The molecular weight excluding hydrogens is 272 g/mol. The van der Waals surface area contributed by atoms with E-state index in [1.807, 2.05) is 0 Å². The van der Waals surface area contributed by atoms with Gasteiger partial charge in [0.05, 0.1) is 17.3 Å². The van der Waals surface area contributed by atoms with E-state index in [-0.39, 0.29) is 0 Å². The molecule has 1 aromatic rings. The molecule has 0 aromatic heterocycles. The zero-order valence-electron chi connectivity index (χ0n) is 12.7. The molecule has 0 saturated heterocycles. The van der Waals surface area contributed by atoms with Gasteiger partial charge >= 0.3 is 0 Å². The molecule has 1 fully saturated rings. The van der Waals surface area contributed by atoms with E-state index in [1.165, 1.54) is 18.4 Å². The van der Waals surface area contributed by atoms with Crippen LogP contribution in [0.25, 0.3) is 0 Å². The van der Waals surface area contributed by atoms with Crippen molar-refractivity contribution >= 4 is 17.3 Å². The largest absolute Gasteiger partial charge is 0.383 e. The summed E-state index contributed by atoms with van der Waals surface area (Å²) in [6, 6.07) is 7.50. The van der Waals surface area contributed by atoms with Gasteiger partial charge in [-0.1, -0.05) is 17.7 Å². The van der Waals surface area contributed by atoms with Crippen molar-refractivity contribution in [2.45, 2.75) is 45.3 Å². The predicted octanol–water partition coefficient (Wildman–Crippen LogP) is 3.45. The van der Waals surface area contributed by atoms with Gasteiger partial charge < -0.3 is 15.0 Å². The summed E-state index contributed by atoms with van der Waals surface area (Å²) in [4.78, 5) is 2.28. The molecular formula is C16H25ClN2O. The molecule has 0 bridgehead atoms. The molecule has 3 nitrogen and oxygen atoms in total. The summed E-state index contributed by atoms with van der Waals surface area (Å²) in [5.41, 5.74) is 2.34. The number of rotatable bonds is 8. The van der Waals surface area contributed by atoms with Crippen molar-refractivity contribution in [1.29, 1.82) is 0 Å². The fraction of sp³-hybridized carbons (Fsp3) is 0.625. The molecule has 112 valence electrons. The highest BCUT2D eigenvalue weighted by Crippen LogP contribution is 2.29. The van der Waals surface area contributed by atoms with Crippen molar-refractivity contribution in [3.63, 3.8) is 0 Å². The Morgan fingerprint density at radius 2 is 2.15 bits per heavy atom. The lowest BCUT2D eigenvalue weighted by Crippen LogP contribution is -2.34. The Morgan fingerprint density at radius 3 is 2.70 bits per heavy atom. The van der Waals surface area contributed by atoms with Crippen LogP contribution in [0, 0.1) is 0 Å². The van der Waals surface area contributed by atoms with Crippen LogP contribution in [0.15, 0.2) is 18.2 Å². The molecule has 0 radical (unpaired) electrons. The Hall–Kier alpha value is -0.770. The van der Waals surface area contributed by atoms with Gasteiger partial charge in [-0.3, -0.25) is 0 Å². The number of nitrogens with one attached hydrogen (secondary N) is 1. The minimum absolute atomic E-state index is 0.401.